The molecular weight excluding hydrogens is 378 g/mol. The zero-order valence-corrected chi connectivity index (χ0v) is 16.1. The summed E-state index contributed by atoms with van der Waals surface area (Å²) in [7, 11) is 0. The number of carbonyl (C=O) groups is 2. The molecule has 4 aromatic rings. The van der Waals surface area contributed by atoms with E-state index in [0.29, 0.717) is 22.7 Å². The molecular formula is C25H19NO4. The van der Waals surface area contributed by atoms with Gasteiger partial charge >= 0.3 is 5.97 Å². The van der Waals surface area contributed by atoms with Gasteiger partial charge < -0.3 is 14.8 Å². The Hall–Kier alpha value is -4.12. The third-order valence-electron chi connectivity index (χ3n) is 4.47. The van der Waals surface area contributed by atoms with Gasteiger partial charge in [0.05, 0.1) is 5.56 Å². The number of rotatable bonds is 6. The van der Waals surface area contributed by atoms with Crippen LogP contribution in [0.5, 0.6) is 11.5 Å². The second-order valence-corrected chi connectivity index (χ2v) is 6.59. The lowest BCUT2D eigenvalue weighted by Crippen LogP contribution is -2.21. The van der Waals surface area contributed by atoms with Crippen LogP contribution in [-0.2, 0) is 9.53 Å². The molecule has 0 aromatic heterocycles. The zero-order valence-electron chi connectivity index (χ0n) is 16.1. The van der Waals surface area contributed by atoms with Crippen LogP contribution in [0.2, 0.25) is 0 Å². The van der Waals surface area contributed by atoms with E-state index in [-0.39, 0.29) is 6.61 Å². The van der Waals surface area contributed by atoms with Crippen LogP contribution in [0.1, 0.15) is 10.4 Å². The number of anilines is 1. The highest BCUT2D eigenvalue weighted by molar-refractivity contribution is 6.03. The monoisotopic (exact) mass is 397 g/mol. The molecule has 0 saturated heterocycles. The van der Waals surface area contributed by atoms with E-state index in [1.54, 1.807) is 24.3 Å². The topological polar surface area (TPSA) is 64.6 Å². The summed E-state index contributed by atoms with van der Waals surface area (Å²) in [5.74, 6) is 0.336. The SMILES string of the molecule is O=C(COC(=O)c1ccc(Oc2ccccc2)cc1)Nc1cccc2ccccc12. The molecule has 0 atom stereocenters. The van der Waals surface area contributed by atoms with Gasteiger partial charge in [-0.15, -0.1) is 0 Å². The molecule has 0 spiro atoms. The molecule has 1 amide bonds. The fourth-order valence-electron chi connectivity index (χ4n) is 3.02. The maximum atomic E-state index is 12.2. The summed E-state index contributed by atoms with van der Waals surface area (Å²) in [5.41, 5.74) is 1.02. The van der Waals surface area contributed by atoms with Crippen LogP contribution in [0, 0.1) is 0 Å². The van der Waals surface area contributed by atoms with Gasteiger partial charge in [-0.2, -0.15) is 0 Å². The Labute approximate surface area is 173 Å². The lowest BCUT2D eigenvalue weighted by atomic mass is 10.1. The van der Waals surface area contributed by atoms with Gasteiger partial charge in [0.15, 0.2) is 6.61 Å². The lowest BCUT2D eigenvalue weighted by Gasteiger charge is -2.10. The number of benzene rings is 4. The normalized spacial score (nSPS) is 10.4. The number of amides is 1. The van der Waals surface area contributed by atoms with Crippen LogP contribution in [-0.4, -0.2) is 18.5 Å². The molecule has 0 aliphatic carbocycles. The number of esters is 1. The van der Waals surface area contributed by atoms with Crippen molar-refractivity contribution in [3.05, 3.63) is 103 Å². The lowest BCUT2D eigenvalue weighted by molar-refractivity contribution is -0.119. The minimum atomic E-state index is -0.575. The maximum absolute atomic E-state index is 12.2. The minimum Gasteiger partial charge on any atom is -0.457 e. The molecule has 4 rings (SSSR count). The Balaban J connectivity index is 1.33. The first kappa shape index (κ1) is 19.2. The van der Waals surface area contributed by atoms with Crippen molar-refractivity contribution in [3.63, 3.8) is 0 Å². The number of para-hydroxylation sites is 1. The van der Waals surface area contributed by atoms with Crippen molar-refractivity contribution in [2.45, 2.75) is 0 Å². The first-order chi connectivity index (χ1) is 14.7. The molecule has 0 radical (unpaired) electrons. The molecule has 0 heterocycles. The van der Waals surface area contributed by atoms with E-state index in [4.69, 9.17) is 9.47 Å². The minimum absolute atomic E-state index is 0.341. The number of carbonyl (C=O) groups excluding carboxylic acids is 2. The average Bonchev–Trinajstić information content (AvgIpc) is 2.79. The first-order valence-corrected chi connectivity index (χ1v) is 9.47. The molecule has 0 unspecified atom stereocenters. The van der Waals surface area contributed by atoms with Crippen LogP contribution >= 0.6 is 0 Å². The second-order valence-electron chi connectivity index (χ2n) is 6.59. The summed E-state index contributed by atoms with van der Waals surface area (Å²) < 4.78 is 10.8. The highest BCUT2D eigenvalue weighted by Crippen LogP contribution is 2.23. The van der Waals surface area contributed by atoms with Gasteiger partial charge in [-0.25, -0.2) is 4.79 Å². The van der Waals surface area contributed by atoms with Gasteiger partial charge in [-0.1, -0.05) is 54.6 Å². The van der Waals surface area contributed by atoms with E-state index in [0.717, 1.165) is 10.8 Å². The Bertz CT molecular complexity index is 1170. The summed E-state index contributed by atoms with van der Waals surface area (Å²) in [4.78, 5) is 24.5. The highest BCUT2D eigenvalue weighted by Gasteiger charge is 2.12. The summed E-state index contributed by atoms with van der Waals surface area (Å²) in [6, 6.07) is 29.3. The first-order valence-electron chi connectivity index (χ1n) is 9.47. The van der Waals surface area contributed by atoms with Crippen molar-refractivity contribution in [2.75, 3.05) is 11.9 Å². The molecule has 4 aromatic carbocycles. The molecule has 5 heteroatoms. The summed E-state index contributed by atoms with van der Waals surface area (Å²) in [6.45, 7) is -0.371. The van der Waals surface area contributed by atoms with Gasteiger partial charge in [-0.3, -0.25) is 4.79 Å². The summed E-state index contributed by atoms with van der Waals surface area (Å²) in [6.07, 6.45) is 0. The third kappa shape index (κ3) is 4.64. The average molecular weight is 397 g/mol. The van der Waals surface area contributed by atoms with Gasteiger partial charge in [0.2, 0.25) is 0 Å². The molecule has 0 aliphatic heterocycles. The van der Waals surface area contributed by atoms with Crippen LogP contribution in [0.25, 0.3) is 10.8 Å². The van der Waals surface area contributed by atoms with Crippen molar-refractivity contribution >= 4 is 28.3 Å². The number of hydrogen-bond acceptors (Lipinski definition) is 4. The summed E-state index contributed by atoms with van der Waals surface area (Å²) in [5, 5.41) is 4.74. The highest BCUT2D eigenvalue weighted by atomic mass is 16.5. The molecule has 5 nitrogen and oxygen atoms in total. The standard InChI is InChI=1S/C25H19NO4/c27-24(26-23-12-6-8-18-7-4-5-11-22(18)23)17-29-25(28)19-13-15-21(16-14-19)30-20-9-2-1-3-10-20/h1-16H,17H2,(H,26,27). The maximum Gasteiger partial charge on any atom is 0.338 e. The fraction of sp³-hybridized carbons (Fsp3) is 0.0400. The van der Waals surface area contributed by atoms with E-state index in [1.807, 2.05) is 72.8 Å². The molecule has 0 fully saturated rings. The number of nitrogens with one attached hydrogen (secondary N) is 1. The molecule has 148 valence electrons. The zero-order chi connectivity index (χ0) is 20.8. The Morgan fingerprint density at radius 1 is 0.700 bits per heavy atom. The van der Waals surface area contributed by atoms with Crippen LogP contribution in [0.15, 0.2) is 97.1 Å². The van der Waals surface area contributed by atoms with E-state index in [2.05, 4.69) is 5.32 Å². The Kier molecular flexibility index (Phi) is 5.71. The molecule has 1 N–H and O–H groups in total. The van der Waals surface area contributed by atoms with Gasteiger partial charge in [0.1, 0.15) is 11.5 Å². The Morgan fingerprint density at radius 3 is 2.17 bits per heavy atom. The Morgan fingerprint density at radius 2 is 1.37 bits per heavy atom. The van der Waals surface area contributed by atoms with E-state index >= 15 is 0 Å². The molecule has 0 saturated carbocycles. The van der Waals surface area contributed by atoms with Crippen molar-refractivity contribution < 1.29 is 19.1 Å². The van der Waals surface area contributed by atoms with E-state index in [1.165, 1.54) is 0 Å². The van der Waals surface area contributed by atoms with E-state index in [9.17, 15) is 9.59 Å². The van der Waals surface area contributed by atoms with Crippen LogP contribution < -0.4 is 10.1 Å². The largest absolute Gasteiger partial charge is 0.457 e. The number of hydrogen-bond donors (Lipinski definition) is 1. The van der Waals surface area contributed by atoms with Gasteiger partial charge in [0.25, 0.3) is 5.91 Å². The molecule has 0 aliphatic rings. The number of ether oxygens (including phenoxy) is 2. The molecule has 0 bridgehead atoms. The van der Waals surface area contributed by atoms with Gasteiger partial charge in [0, 0.05) is 11.1 Å². The van der Waals surface area contributed by atoms with Crippen molar-refractivity contribution in [1.82, 2.24) is 0 Å². The summed E-state index contributed by atoms with van der Waals surface area (Å²) >= 11 is 0. The van der Waals surface area contributed by atoms with Crippen LogP contribution in [0.3, 0.4) is 0 Å². The fourth-order valence-corrected chi connectivity index (χ4v) is 3.02. The smallest absolute Gasteiger partial charge is 0.338 e. The second kappa shape index (κ2) is 8.92. The van der Waals surface area contributed by atoms with Gasteiger partial charge in [-0.05, 0) is 47.9 Å². The number of fused-ring (bicyclic) bond motifs is 1. The predicted octanol–water partition coefficient (Wildman–Crippen LogP) is 5.43. The van der Waals surface area contributed by atoms with E-state index < -0.39 is 11.9 Å². The van der Waals surface area contributed by atoms with Crippen LogP contribution in [0.4, 0.5) is 5.69 Å². The van der Waals surface area contributed by atoms with Crippen molar-refractivity contribution in [2.24, 2.45) is 0 Å². The quantitative estimate of drug-likeness (QED) is 0.441. The third-order valence-corrected chi connectivity index (χ3v) is 4.47. The predicted molar refractivity (Wildman–Crippen MR) is 116 cm³/mol. The van der Waals surface area contributed by atoms with Crippen molar-refractivity contribution in [3.8, 4) is 11.5 Å². The molecule has 30 heavy (non-hydrogen) atoms. The van der Waals surface area contributed by atoms with Crippen molar-refractivity contribution in [1.29, 1.82) is 0 Å².